The minimum absolute atomic E-state index is 0.0225. The van der Waals surface area contributed by atoms with E-state index in [0.29, 0.717) is 24.2 Å². The Kier molecular flexibility index (Phi) is 2.69. The molecule has 1 aromatic rings. The Morgan fingerprint density at radius 2 is 2.16 bits per heavy atom. The fourth-order valence-corrected chi connectivity index (χ4v) is 2.93. The second-order valence-corrected chi connectivity index (χ2v) is 5.85. The van der Waals surface area contributed by atoms with Gasteiger partial charge < -0.3 is 14.3 Å². The number of carbonyl (C=O) groups is 1. The lowest BCUT2D eigenvalue weighted by atomic mass is 9.90. The summed E-state index contributed by atoms with van der Waals surface area (Å²) in [6, 6.07) is 0. The van der Waals surface area contributed by atoms with Gasteiger partial charge in [-0.3, -0.25) is 4.79 Å². The minimum Gasteiger partial charge on any atom is -0.468 e. The van der Waals surface area contributed by atoms with Gasteiger partial charge in [0.1, 0.15) is 11.4 Å². The average Bonchev–Trinajstić information content (AvgIpc) is 2.82. The Labute approximate surface area is 112 Å². The molecule has 0 saturated carbocycles. The third-order valence-electron chi connectivity index (χ3n) is 3.95. The number of rotatable bonds is 0. The summed E-state index contributed by atoms with van der Waals surface area (Å²) in [6.45, 7) is 5.68. The van der Waals surface area contributed by atoms with Crippen LogP contribution in [0.5, 0.6) is 0 Å². The number of hydrogen-bond donors (Lipinski definition) is 1. The van der Waals surface area contributed by atoms with E-state index in [4.69, 9.17) is 9.15 Å². The molecule has 3 atom stereocenters. The minimum atomic E-state index is -0.583. The maximum Gasteiger partial charge on any atom is 0.198 e. The van der Waals surface area contributed by atoms with E-state index in [1.165, 1.54) is 0 Å². The summed E-state index contributed by atoms with van der Waals surface area (Å²) in [4.78, 5) is 12.5. The van der Waals surface area contributed by atoms with E-state index >= 15 is 0 Å². The summed E-state index contributed by atoms with van der Waals surface area (Å²) in [5.74, 6) is 0.647. The van der Waals surface area contributed by atoms with Crippen LogP contribution >= 0.6 is 0 Å². The second kappa shape index (κ2) is 4.05. The van der Waals surface area contributed by atoms with Crippen LogP contribution < -0.4 is 0 Å². The van der Waals surface area contributed by atoms with E-state index in [1.807, 2.05) is 26.8 Å². The molecule has 0 radical (unpaired) electrons. The lowest BCUT2D eigenvalue weighted by Crippen LogP contribution is -2.24. The predicted molar refractivity (Wildman–Crippen MR) is 69.1 cm³/mol. The number of allylic oxidation sites excluding steroid dienone is 1. The molecule has 19 heavy (non-hydrogen) atoms. The van der Waals surface area contributed by atoms with Gasteiger partial charge in [0.05, 0.1) is 17.9 Å². The fourth-order valence-electron chi connectivity index (χ4n) is 2.93. The first-order valence-corrected chi connectivity index (χ1v) is 6.55. The molecule has 0 aromatic carbocycles. The van der Waals surface area contributed by atoms with Crippen LogP contribution in [-0.4, -0.2) is 28.7 Å². The number of epoxide rings is 1. The van der Waals surface area contributed by atoms with Gasteiger partial charge in [-0.15, -0.1) is 0 Å². The maximum atomic E-state index is 12.5. The van der Waals surface area contributed by atoms with Crippen LogP contribution in [0.4, 0.5) is 0 Å². The van der Waals surface area contributed by atoms with E-state index < -0.39 is 17.8 Å². The van der Waals surface area contributed by atoms with Crippen molar-refractivity contribution >= 4 is 5.78 Å². The highest BCUT2D eigenvalue weighted by Crippen LogP contribution is 2.44. The Bertz CT molecular complexity index is 569. The molecular formula is C15H18O4. The van der Waals surface area contributed by atoms with E-state index in [2.05, 4.69) is 0 Å². The van der Waals surface area contributed by atoms with E-state index in [0.717, 1.165) is 11.1 Å². The molecule has 1 fully saturated rings. The lowest BCUT2D eigenvalue weighted by molar-refractivity contribution is 0.0951. The molecule has 3 rings (SSSR count). The van der Waals surface area contributed by atoms with Crippen molar-refractivity contribution in [1.82, 2.24) is 0 Å². The largest absolute Gasteiger partial charge is 0.468 e. The van der Waals surface area contributed by atoms with Crippen molar-refractivity contribution in [3.8, 4) is 0 Å². The standard InChI is InChI=1S/C15H18O4/c1-8-4-10(16)6-15(3)14(19-15)13(17)12-9(2)7-18-11(12)5-8/h4,7,10,14,16H,5-6H2,1-3H3/t10-,14-,15-/m0/s1. The van der Waals surface area contributed by atoms with Crippen molar-refractivity contribution in [2.45, 2.75) is 51.4 Å². The number of fused-ring (bicyclic) bond motifs is 2. The summed E-state index contributed by atoms with van der Waals surface area (Å²) in [5, 5.41) is 10.0. The topological polar surface area (TPSA) is 63.0 Å². The van der Waals surface area contributed by atoms with Crippen LogP contribution in [0.1, 0.15) is 41.9 Å². The van der Waals surface area contributed by atoms with Crippen LogP contribution in [0, 0.1) is 6.92 Å². The van der Waals surface area contributed by atoms with Crippen molar-refractivity contribution in [2.24, 2.45) is 0 Å². The van der Waals surface area contributed by atoms with Gasteiger partial charge in [0.15, 0.2) is 11.9 Å². The summed E-state index contributed by atoms with van der Waals surface area (Å²) in [5.41, 5.74) is 1.95. The first kappa shape index (κ1) is 12.6. The monoisotopic (exact) mass is 262 g/mol. The molecule has 0 spiro atoms. The molecular weight excluding hydrogens is 244 g/mol. The lowest BCUT2D eigenvalue weighted by Gasteiger charge is -2.13. The fraction of sp³-hybridized carbons (Fsp3) is 0.533. The molecule has 102 valence electrons. The Balaban J connectivity index is 2.07. The Hall–Kier alpha value is -1.39. The SMILES string of the molecule is CC1=C[C@H](O)C[C@]2(C)O[C@H]2C(=O)c2c(C)coc2C1. The number of carbonyl (C=O) groups excluding carboxylic acids is 1. The average molecular weight is 262 g/mol. The highest BCUT2D eigenvalue weighted by molar-refractivity contribution is 6.04. The van der Waals surface area contributed by atoms with Gasteiger partial charge >= 0.3 is 0 Å². The molecule has 2 heterocycles. The molecule has 1 N–H and O–H groups in total. The third-order valence-corrected chi connectivity index (χ3v) is 3.95. The molecule has 1 aliphatic carbocycles. The first-order chi connectivity index (χ1) is 8.90. The molecule has 2 aliphatic rings. The van der Waals surface area contributed by atoms with E-state index in [-0.39, 0.29) is 5.78 Å². The van der Waals surface area contributed by atoms with Crippen LogP contribution in [0.2, 0.25) is 0 Å². The highest BCUT2D eigenvalue weighted by atomic mass is 16.6. The molecule has 0 amide bonds. The molecule has 1 saturated heterocycles. The maximum absolute atomic E-state index is 12.5. The first-order valence-electron chi connectivity index (χ1n) is 6.55. The predicted octanol–water partition coefficient (Wildman–Crippen LogP) is 2.18. The number of Topliss-reactive ketones (excluding diaryl/α,β-unsaturated/α-hetero) is 1. The van der Waals surface area contributed by atoms with Gasteiger partial charge in [-0.2, -0.15) is 0 Å². The van der Waals surface area contributed by atoms with Gasteiger partial charge in [0, 0.05) is 12.8 Å². The molecule has 1 aliphatic heterocycles. The zero-order chi connectivity index (χ0) is 13.8. The molecule has 4 nitrogen and oxygen atoms in total. The normalized spacial score (nSPS) is 34.3. The number of aliphatic hydroxyl groups is 1. The summed E-state index contributed by atoms with van der Waals surface area (Å²) < 4.78 is 11.1. The van der Waals surface area contributed by atoms with Crippen molar-refractivity contribution in [2.75, 3.05) is 0 Å². The second-order valence-electron chi connectivity index (χ2n) is 5.85. The van der Waals surface area contributed by atoms with Gasteiger partial charge in [-0.05, 0) is 26.3 Å². The number of furan rings is 1. The number of aryl methyl sites for hydroxylation is 1. The number of ketones is 1. The highest BCUT2D eigenvalue weighted by Gasteiger charge is 2.58. The van der Waals surface area contributed by atoms with Crippen LogP contribution in [0.15, 0.2) is 22.3 Å². The van der Waals surface area contributed by atoms with Gasteiger partial charge in [0.25, 0.3) is 0 Å². The van der Waals surface area contributed by atoms with Crippen LogP contribution in [0.3, 0.4) is 0 Å². The zero-order valence-corrected chi connectivity index (χ0v) is 11.4. The van der Waals surface area contributed by atoms with Crippen LogP contribution in [0.25, 0.3) is 0 Å². The van der Waals surface area contributed by atoms with E-state index in [9.17, 15) is 9.90 Å². The van der Waals surface area contributed by atoms with Gasteiger partial charge in [-0.25, -0.2) is 0 Å². The summed E-state index contributed by atoms with van der Waals surface area (Å²) >= 11 is 0. The molecule has 1 aromatic heterocycles. The molecule has 4 heteroatoms. The molecule has 0 unspecified atom stereocenters. The van der Waals surface area contributed by atoms with Crippen molar-refractivity contribution < 1.29 is 19.1 Å². The summed E-state index contributed by atoms with van der Waals surface area (Å²) in [6.07, 6.45) is 3.40. The Morgan fingerprint density at radius 3 is 2.89 bits per heavy atom. The smallest absolute Gasteiger partial charge is 0.198 e. The summed E-state index contributed by atoms with van der Waals surface area (Å²) in [7, 11) is 0. The Morgan fingerprint density at radius 1 is 1.42 bits per heavy atom. The number of hydrogen-bond acceptors (Lipinski definition) is 4. The molecule has 0 bridgehead atoms. The number of aliphatic hydroxyl groups excluding tert-OH is 1. The van der Waals surface area contributed by atoms with Crippen molar-refractivity contribution in [1.29, 1.82) is 0 Å². The van der Waals surface area contributed by atoms with Crippen molar-refractivity contribution in [3.63, 3.8) is 0 Å². The van der Waals surface area contributed by atoms with Crippen LogP contribution in [-0.2, 0) is 11.2 Å². The number of ether oxygens (including phenoxy) is 1. The third kappa shape index (κ3) is 2.05. The zero-order valence-electron chi connectivity index (χ0n) is 11.4. The quantitative estimate of drug-likeness (QED) is 0.575. The van der Waals surface area contributed by atoms with Crippen molar-refractivity contribution in [3.05, 3.63) is 34.8 Å². The van der Waals surface area contributed by atoms with Gasteiger partial charge in [-0.1, -0.05) is 11.6 Å². The van der Waals surface area contributed by atoms with E-state index in [1.54, 1.807) is 6.26 Å². The van der Waals surface area contributed by atoms with Gasteiger partial charge in [0.2, 0.25) is 0 Å².